The molecule has 1 fully saturated rings. The van der Waals surface area contributed by atoms with E-state index in [2.05, 4.69) is 16.8 Å². The van der Waals surface area contributed by atoms with Crippen molar-refractivity contribution < 1.29 is 14.7 Å². The SMILES string of the molecule is CN1CCN(C(=O)c2ccc(C#CCCO)cn2)CC1=O. The molecule has 1 aromatic rings. The molecule has 0 unspecified atom stereocenters. The molecule has 110 valence electrons. The van der Waals surface area contributed by atoms with Gasteiger partial charge in [-0.15, -0.1) is 0 Å². The summed E-state index contributed by atoms with van der Waals surface area (Å²) in [7, 11) is 1.72. The van der Waals surface area contributed by atoms with Crippen LogP contribution in [0.25, 0.3) is 0 Å². The summed E-state index contributed by atoms with van der Waals surface area (Å²) in [4.78, 5) is 31.1. The van der Waals surface area contributed by atoms with Crippen LogP contribution in [-0.4, -0.2) is 65.0 Å². The molecular formula is C15H17N3O3. The van der Waals surface area contributed by atoms with E-state index in [1.54, 1.807) is 24.1 Å². The smallest absolute Gasteiger partial charge is 0.272 e. The van der Waals surface area contributed by atoms with E-state index >= 15 is 0 Å². The van der Waals surface area contributed by atoms with Crippen molar-refractivity contribution in [3.8, 4) is 11.8 Å². The largest absolute Gasteiger partial charge is 0.395 e. The van der Waals surface area contributed by atoms with E-state index in [1.165, 1.54) is 11.1 Å². The van der Waals surface area contributed by atoms with Gasteiger partial charge in [0.15, 0.2) is 0 Å². The lowest BCUT2D eigenvalue weighted by atomic mass is 10.2. The molecule has 6 heteroatoms. The van der Waals surface area contributed by atoms with Crippen molar-refractivity contribution in [3.63, 3.8) is 0 Å². The molecule has 0 aliphatic carbocycles. The molecule has 2 rings (SSSR count). The van der Waals surface area contributed by atoms with E-state index < -0.39 is 0 Å². The van der Waals surface area contributed by atoms with Crippen molar-refractivity contribution in [2.45, 2.75) is 6.42 Å². The van der Waals surface area contributed by atoms with Crippen LogP contribution in [0.15, 0.2) is 18.3 Å². The number of aliphatic hydroxyl groups is 1. The van der Waals surface area contributed by atoms with Crippen LogP contribution in [-0.2, 0) is 4.79 Å². The van der Waals surface area contributed by atoms with Crippen molar-refractivity contribution in [1.29, 1.82) is 0 Å². The molecular weight excluding hydrogens is 270 g/mol. The maximum absolute atomic E-state index is 12.2. The summed E-state index contributed by atoms with van der Waals surface area (Å²) in [6, 6.07) is 3.32. The van der Waals surface area contributed by atoms with Crippen molar-refractivity contribution in [2.24, 2.45) is 0 Å². The van der Waals surface area contributed by atoms with Gasteiger partial charge in [-0.05, 0) is 12.1 Å². The van der Waals surface area contributed by atoms with Gasteiger partial charge in [0.1, 0.15) is 12.2 Å². The fourth-order valence-electron chi connectivity index (χ4n) is 1.91. The minimum Gasteiger partial charge on any atom is -0.395 e. The lowest BCUT2D eigenvalue weighted by molar-refractivity contribution is -0.133. The van der Waals surface area contributed by atoms with E-state index in [0.717, 1.165) is 0 Å². The summed E-state index contributed by atoms with van der Waals surface area (Å²) in [5.41, 5.74) is 0.995. The van der Waals surface area contributed by atoms with Crippen molar-refractivity contribution in [2.75, 3.05) is 33.3 Å². The summed E-state index contributed by atoms with van der Waals surface area (Å²) in [6.07, 6.45) is 1.93. The first-order chi connectivity index (χ1) is 10.1. The molecule has 0 aromatic carbocycles. The zero-order chi connectivity index (χ0) is 15.2. The van der Waals surface area contributed by atoms with Gasteiger partial charge in [-0.2, -0.15) is 0 Å². The van der Waals surface area contributed by atoms with Gasteiger partial charge in [-0.3, -0.25) is 9.59 Å². The molecule has 6 nitrogen and oxygen atoms in total. The Balaban J connectivity index is 2.03. The molecule has 0 radical (unpaired) electrons. The van der Waals surface area contributed by atoms with Gasteiger partial charge in [0.2, 0.25) is 5.91 Å². The van der Waals surface area contributed by atoms with Crippen LogP contribution in [0.3, 0.4) is 0 Å². The number of carbonyl (C=O) groups excluding carboxylic acids is 2. The summed E-state index contributed by atoms with van der Waals surface area (Å²) < 4.78 is 0. The normalized spacial score (nSPS) is 14.7. The number of carbonyl (C=O) groups is 2. The minimum atomic E-state index is -0.244. The van der Waals surface area contributed by atoms with Crippen molar-refractivity contribution in [1.82, 2.24) is 14.8 Å². The minimum absolute atomic E-state index is 0.0223. The average molecular weight is 287 g/mol. The number of pyridine rings is 1. The van der Waals surface area contributed by atoms with Gasteiger partial charge in [0, 0.05) is 38.3 Å². The third kappa shape index (κ3) is 3.80. The van der Waals surface area contributed by atoms with E-state index in [1.807, 2.05) is 0 Å². The lowest BCUT2D eigenvalue weighted by Crippen LogP contribution is -2.50. The highest BCUT2D eigenvalue weighted by atomic mass is 16.2. The Bertz CT molecular complexity index is 586. The van der Waals surface area contributed by atoms with Crippen molar-refractivity contribution >= 4 is 11.8 Å². The number of aliphatic hydroxyl groups excluding tert-OH is 1. The first-order valence-corrected chi connectivity index (χ1v) is 6.71. The second kappa shape index (κ2) is 6.86. The van der Waals surface area contributed by atoms with E-state index in [-0.39, 0.29) is 25.0 Å². The Kier molecular flexibility index (Phi) is 4.90. The van der Waals surface area contributed by atoms with Gasteiger partial charge in [0.05, 0.1) is 6.61 Å². The van der Waals surface area contributed by atoms with Gasteiger partial charge in [-0.1, -0.05) is 11.8 Å². The molecule has 1 N–H and O–H groups in total. The third-order valence-corrected chi connectivity index (χ3v) is 3.20. The fourth-order valence-corrected chi connectivity index (χ4v) is 1.91. The Morgan fingerprint density at radius 1 is 1.43 bits per heavy atom. The molecule has 2 amide bonds. The topological polar surface area (TPSA) is 73.7 Å². The predicted octanol–water partition coefficient (Wildman–Crippen LogP) is -0.270. The van der Waals surface area contributed by atoms with E-state index in [4.69, 9.17) is 5.11 Å². The van der Waals surface area contributed by atoms with Gasteiger partial charge in [0.25, 0.3) is 5.91 Å². The fraction of sp³-hybridized carbons (Fsp3) is 0.400. The summed E-state index contributed by atoms with van der Waals surface area (Å²) in [5, 5.41) is 8.65. The van der Waals surface area contributed by atoms with Crippen LogP contribution in [0.1, 0.15) is 22.5 Å². The Morgan fingerprint density at radius 2 is 2.24 bits per heavy atom. The van der Waals surface area contributed by atoms with Crippen LogP contribution in [0, 0.1) is 11.8 Å². The molecule has 21 heavy (non-hydrogen) atoms. The molecule has 1 aliphatic rings. The number of nitrogens with zero attached hydrogens (tertiary/aromatic N) is 3. The average Bonchev–Trinajstić information content (AvgIpc) is 2.50. The number of hydrogen-bond donors (Lipinski definition) is 1. The highest BCUT2D eigenvalue weighted by Crippen LogP contribution is 2.07. The molecule has 0 bridgehead atoms. The lowest BCUT2D eigenvalue weighted by Gasteiger charge is -2.31. The number of piperazine rings is 1. The van der Waals surface area contributed by atoms with Crippen LogP contribution >= 0.6 is 0 Å². The van der Waals surface area contributed by atoms with Crippen LogP contribution in [0.5, 0.6) is 0 Å². The molecule has 0 atom stereocenters. The monoisotopic (exact) mass is 287 g/mol. The van der Waals surface area contributed by atoms with Crippen LogP contribution in [0.4, 0.5) is 0 Å². The summed E-state index contributed by atoms with van der Waals surface area (Å²) >= 11 is 0. The second-order valence-electron chi connectivity index (χ2n) is 4.75. The highest BCUT2D eigenvalue weighted by molar-refractivity contribution is 5.95. The maximum Gasteiger partial charge on any atom is 0.272 e. The molecule has 0 saturated carbocycles. The first kappa shape index (κ1) is 15.0. The first-order valence-electron chi connectivity index (χ1n) is 6.71. The van der Waals surface area contributed by atoms with Gasteiger partial charge < -0.3 is 14.9 Å². The van der Waals surface area contributed by atoms with E-state index in [0.29, 0.717) is 30.8 Å². The number of amides is 2. The Labute approximate surface area is 123 Å². The predicted molar refractivity (Wildman–Crippen MR) is 76.4 cm³/mol. The molecule has 1 saturated heterocycles. The maximum atomic E-state index is 12.2. The second-order valence-corrected chi connectivity index (χ2v) is 4.75. The van der Waals surface area contributed by atoms with Gasteiger partial charge >= 0.3 is 0 Å². The Hall–Kier alpha value is -2.39. The quantitative estimate of drug-likeness (QED) is 0.760. The Morgan fingerprint density at radius 3 is 2.86 bits per heavy atom. The number of hydrogen-bond acceptors (Lipinski definition) is 4. The zero-order valence-electron chi connectivity index (χ0n) is 11.9. The molecule has 0 spiro atoms. The van der Waals surface area contributed by atoms with Crippen LogP contribution < -0.4 is 0 Å². The number of likely N-dealkylation sites (N-methyl/N-ethyl adjacent to an activating group) is 1. The zero-order valence-corrected chi connectivity index (χ0v) is 11.9. The van der Waals surface area contributed by atoms with E-state index in [9.17, 15) is 9.59 Å². The highest BCUT2D eigenvalue weighted by Gasteiger charge is 2.26. The summed E-state index contributed by atoms with van der Waals surface area (Å²) in [6.45, 7) is 1.17. The van der Waals surface area contributed by atoms with Gasteiger partial charge in [-0.25, -0.2) is 4.98 Å². The van der Waals surface area contributed by atoms with Crippen molar-refractivity contribution in [3.05, 3.63) is 29.6 Å². The molecule has 1 aromatic heterocycles. The number of aromatic nitrogens is 1. The molecule has 1 aliphatic heterocycles. The number of rotatable bonds is 2. The standard InChI is InChI=1S/C15H17N3O3/c1-17-7-8-18(11-14(17)20)15(21)13-6-5-12(10-16-13)4-2-3-9-19/h5-6,10,19H,3,7-9,11H2,1H3. The van der Waals surface area contributed by atoms with Crippen LogP contribution in [0.2, 0.25) is 0 Å². The third-order valence-electron chi connectivity index (χ3n) is 3.20. The summed E-state index contributed by atoms with van der Waals surface area (Å²) in [5.74, 6) is 5.32. The molecule has 2 heterocycles.